The lowest BCUT2D eigenvalue weighted by atomic mass is 10.0. The number of aromatic nitrogens is 1. The van der Waals surface area contributed by atoms with Gasteiger partial charge in [0.05, 0.1) is 5.01 Å². The summed E-state index contributed by atoms with van der Waals surface area (Å²) in [5, 5.41) is 1.21. The molecule has 1 fully saturated rings. The normalized spacial score (nSPS) is 22.5. The van der Waals surface area contributed by atoms with E-state index in [0.29, 0.717) is 6.54 Å². The van der Waals surface area contributed by atoms with Crippen LogP contribution >= 0.6 is 23.1 Å². The van der Waals surface area contributed by atoms with Gasteiger partial charge in [-0.3, -0.25) is 0 Å². The molecule has 1 aromatic rings. The van der Waals surface area contributed by atoms with Crippen LogP contribution in [0.15, 0.2) is 6.20 Å². The predicted octanol–water partition coefficient (Wildman–Crippen LogP) is 2.25. The first-order valence-corrected chi connectivity index (χ1v) is 7.09. The standard InChI is InChI=1S/C10H16N2S2/c11-4-3-10-12-6-9(14-10)8-2-1-5-13-7-8/h6,8H,1-5,7,11H2. The van der Waals surface area contributed by atoms with Crippen molar-refractivity contribution in [2.45, 2.75) is 25.2 Å². The third kappa shape index (κ3) is 2.49. The number of thioether (sulfide) groups is 1. The van der Waals surface area contributed by atoms with E-state index in [0.717, 1.165) is 12.3 Å². The second-order valence-electron chi connectivity index (χ2n) is 3.61. The van der Waals surface area contributed by atoms with Crippen molar-refractivity contribution >= 4 is 23.1 Å². The molecular formula is C10H16N2S2. The Labute approximate surface area is 93.3 Å². The van der Waals surface area contributed by atoms with Crippen LogP contribution in [0, 0.1) is 0 Å². The van der Waals surface area contributed by atoms with Crippen LogP contribution in [0.3, 0.4) is 0 Å². The Kier molecular flexibility index (Phi) is 3.84. The van der Waals surface area contributed by atoms with Crippen LogP contribution in [0.1, 0.15) is 28.6 Å². The molecule has 0 spiro atoms. The molecule has 2 nitrogen and oxygen atoms in total. The summed E-state index contributed by atoms with van der Waals surface area (Å²) in [5.41, 5.74) is 5.51. The Balaban J connectivity index is 2.00. The zero-order chi connectivity index (χ0) is 9.80. The smallest absolute Gasteiger partial charge is 0.0940 e. The molecule has 1 aliphatic rings. The summed E-state index contributed by atoms with van der Waals surface area (Å²) in [6, 6.07) is 0. The predicted molar refractivity (Wildman–Crippen MR) is 64.2 cm³/mol. The molecule has 4 heteroatoms. The number of nitrogens with two attached hydrogens (primary N) is 1. The molecule has 2 N–H and O–H groups in total. The Hall–Kier alpha value is -0.0600. The fraction of sp³-hybridized carbons (Fsp3) is 0.700. The highest BCUT2D eigenvalue weighted by Crippen LogP contribution is 2.33. The highest BCUT2D eigenvalue weighted by Gasteiger charge is 2.17. The second kappa shape index (κ2) is 5.14. The molecule has 1 saturated heterocycles. The van der Waals surface area contributed by atoms with E-state index in [4.69, 9.17) is 5.73 Å². The van der Waals surface area contributed by atoms with Crippen molar-refractivity contribution < 1.29 is 0 Å². The number of rotatable bonds is 3. The Morgan fingerprint density at radius 3 is 3.21 bits per heavy atom. The Morgan fingerprint density at radius 1 is 1.57 bits per heavy atom. The van der Waals surface area contributed by atoms with Gasteiger partial charge in [-0.05, 0) is 25.1 Å². The van der Waals surface area contributed by atoms with E-state index >= 15 is 0 Å². The molecule has 1 unspecified atom stereocenters. The number of hydrogen-bond donors (Lipinski definition) is 1. The van der Waals surface area contributed by atoms with Gasteiger partial charge in [0, 0.05) is 29.2 Å². The maximum absolute atomic E-state index is 5.51. The van der Waals surface area contributed by atoms with Crippen molar-refractivity contribution in [2.75, 3.05) is 18.1 Å². The molecule has 14 heavy (non-hydrogen) atoms. The van der Waals surface area contributed by atoms with Crippen LogP contribution in [-0.4, -0.2) is 23.0 Å². The maximum Gasteiger partial charge on any atom is 0.0940 e. The molecule has 2 heterocycles. The summed E-state index contributed by atoms with van der Waals surface area (Å²) in [6.45, 7) is 0.715. The molecule has 1 aromatic heterocycles. The summed E-state index contributed by atoms with van der Waals surface area (Å²) in [7, 11) is 0. The van der Waals surface area contributed by atoms with Crippen LogP contribution in [-0.2, 0) is 6.42 Å². The molecule has 2 rings (SSSR count). The van der Waals surface area contributed by atoms with E-state index in [1.54, 1.807) is 0 Å². The topological polar surface area (TPSA) is 38.9 Å². The van der Waals surface area contributed by atoms with Crippen LogP contribution in [0.2, 0.25) is 0 Å². The van der Waals surface area contributed by atoms with Gasteiger partial charge in [-0.25, -0.2) is 4.98 Å². The first-order chi connectivity index (χ1) is 6.90. The Morgan fingerprint density at radius 2 is 2.50 bits per heavy atom. The molecule has 78 valence electrons. The third-order valence-electron chi connectivity index (χ3n) is 2.49. The zero-order valence-electron chi connectivity index (χ0n) is 8.24. The molecule has 0 saturated carbocycles. The lowest BCUT2D eigenvalue weighted by molar-refractivity contribution is 0.669. The van der Waals surface area contributed by atoms with E-state index in [9.17, 15) is 0 Å². The molecule has 0 bridgehead atoms. The van der Waals surface area contributed by atoms with Gasteiger partial charge in [-0.15, -0.1) is 11.3 Å². The van der Waals surface area contributed by atoms with Crippen molar-refractivity contribution in [2.24, 2.45) is 5.73 Å². The largest absolute Gasteiger partial charge is 0.330 e. The average Bonchev–Trinajstić information content (AvgIpc) is 2.68. The van der Waals surface area contributed by atoms with Crippen LogP contribution in [0.4, 0.5) is 0 Å². The van der Waals surface area contributed by atoms with E-state index in [2.05, 4.69) is 22.9 Å². The van der Waals surface area contributed by atoms with Crippen molar-refractivity contribution in [3.63, 3.8) is 0 Å². The number of thiazole rings is 1. The zero-order valence-corrected chi connectivity index (χ0v) is 9.87. The summed E-state index contributed by atoms with van der Waals surface area (Å²) < 4.78 is 0. The van der Waals surface area contributed by atoms with E-state index < -0.39 is 0 Å². The fourth-order valence-electron chi connectivity index (χ4n) is 1.72. The van der Waals surface area contributed by atoms with Gasteiger partial charge in [0.25, 0.3) is 0 Å². The molecule has 0 aromatic carbocycles. The highest BCUT2D eigenvalue weighted by molar-refractivity contribution is 7.99. The molecule has 0 radical (unpaired) electrons. The lowest BCUT2D eigenvalue weighted by Gasteiger charge is -2.19. The summed E-state index contributed by atoms with van der Waals surface area (Å²) in [6.07, 6.45) is 5.70. The van der Waals surface area contributed by atoms with Gasteiger partial charge in [0.1, 0.15) is 0 Å². The van der Waals surface area contributed by atoms with Gasteiger partial charge in [-0.1, -0.05) is 0 Å². The number of nitrogens with zero attached hydrogens (tertiary/aromatic N) is 1. The van der Waals surface area contributed by atoms with E-state index in [1.807, 2.05) is 11.3 Å². The minimum absolute atomic E-state index is 0.715. The molecule has 0 aliphatic carbocycles. The lowest BCUT2D eigenvalue weighted by Crippen LogP contribution is -2.06. The van der Waals surface area contributed by atoms with Crippen molar-refractivity contribution in [3.05, 3.63) is 16.1 Å². The van der Waals surface area contributed by atoms with Gasteiger partial charge in [-0.2, -0.15) is 11.8 Å². The third-order valence-corrected chi connectivity index (χ3v) is 4.93. The van der Waals surface area contributed by atoms with E-state index in [1.165, 1.54) is 34.2 Å². The summed E-state index contributed by atoms with van der Waals surface area (Å²) >= 11 is 3.93. The van der Waals surface area contributed by atoms with Crippen molar-refractivity contribution in [1.82, 2.24) is 4.98 Å². The van der Waals surface area contributed by atoms with Gasteiger partial charge >= 0.3 is 0 Å². The monoisotopic (exact) mass is 228 g/mol. The van der Waals surface area contributed by atoms with Crippen LogP contribution in [0.25, 0.3) is 0 Å². The molecule has 1 atom stereocenters. The van der Waals surface area contributed by atoms with Crippen LogP contribution < -0.4 is 5.73 Å². The first-order valence-electron chi connectivity index (χ1n) is 5.12. The first kappa shape index (κ1) is 10.5. The summed E-state index contributed by atoms with van der Waals surface area (Å²) in [5.74, 6) is 3.38. The average molecular weight is 228 g/mol. The summed E-state index contributed by atoms with van der Waals surface area (Å²) in [4.78, 5) is 5.88. The number of hydrogen-bond acceptors (Lipinski definition) is 4. The molecule has 1 aliphatic heterocycles. The van der Waals surface area contributed by atoms with Crippen molar-refractivity contribution in [3.8, 4) is 0 Å². The van der Waals surface area contributed by atoms with Gasteiger partial charge in [0.2, 0.25) is 0 Å². The SMILES string of the molecule is NCCc1ncc(C2CCCSC2)s1. The Bertz CT molecular complexity index is 279. The highest BCUT2D eigenvalue weighted by atomic mass is 32.2. The van der Waals surface area contributed by atoms with Crippen molar-refractivity contribution in [1.29, 1.82) is 0 Å². The quantitative estimate of drug-likeness (QED) is 0.862. The second-order valence-corrected chi connectivity index (χ2v) is 5.91. The maximum atomic E-state index is 5.51. The fourth-order valence-corrected chi connectivity index (χ4v) is 4.06. The molecular weight excluding hydrogens is 212 g/mol. The van der Waals surface area contributed by atoms with Gasteiger partial charge in [0.15, 0.2) is 0 Å². The minimum atomic E-state index is 0.715. The van der Waals surface area contributed by atoms with Crippen LogP contribution in [0.5, 0.6) is 0 Å². The van der Waals surface area contributed by atoms with E-state index in [-0.39, 0.29) is 0 Å². The molecule has 0 amide bonds. The van der Waals surface area contributed by atoms with Gasteiger partial charge < -0.3 is 5.73 Å². The minimum Gasteiger partial charge on any atom is -0.330 e.